The largest absolute Gasteiger partial charge is 0.493 e. The molecular formula is C21H25NO5. The van der Waals surface area contributed by atoms with Crippen molar-refractivity contribution in [2.45, 2.75) is 38.8 Å². The summed E-state index contributed by atoms with van der Waals surface area (Å²) >= 11 is 0. The number of aromatic nitrogens is 1. The topological polar surface area (TPSA) is 58.9 Å². The second-order valence-corrected chi connectivity index (χ2v) is 7.00. The summed E-state index contributed by atoms with van der Waals surface area (Å²) in [6.07, 6.45) is 2.96. The molecule has 1 aromatic carbocycles. The van der Waals surface area contributed by atoms with Gasteiger partial charge in [0, 0.05) is 35.9 Å². The second-order valence-electron chi connectivity index (χ2n) is 7.00. The minimum Gasteiger partial charge on any atom is -0.493 e. The van der Waals surface area contributed by atoms with Gasteiger partial charge in [-0.2, -0.15) is 0 Å². The number of ether oxygens (including phenoxy) is 4. The Bertz CT molecular complexity index is 912. The molecule has 1 saturated heterocycles. The van der Waals surface area contributed by atoms with Crippen molar-refractivity contribution in [3.63, 3.8) is 0 Å². The zero-order valence-corrected chi connectivity index (χ0v) is 16.0. The molecule has 1 aromatic heterocycles. The van der Waals surface area contributed by atoms with Crippen LogP contribution in [0.25, 0.3) is 11.3 Å². The van der Waals surface area contributed by atoms with Gasteiger partial charge in [-0.05, 0) is 38.3 Å². The van der Waals surface area contributed by atoms with E-state index in [2.05, 4.69) is 4.57 Å². The molecular weight excluding hydrogens is 346 g/mol. The van der Waals surface area contributed by atoms with Crippen LogP contribution in [-0.4, -0.2) is 38.1 Å². The Labute approximate surface area is 158 Å². The molecule has 3 heterocycles. The van der Waals surface area contributed by atoms with Crippen molar-refractivity contribution < 1.29 is 18.9 Å². The molecule has 1 unspecified atom stereocenters. The number of hydrogen-bond donors (Lipinski definition) is 0. The summed E-state index contributed by atoms with van der Waals surface area (Å²) in [4.78, 5) is 12.6. The monoisotopic (exact) mass is 371 g/mol. The summed E-state index contributed by atoms with van der Waals surface area (Å²) < 4.78 is 24.8. The number of rotatable bonds is 5. The third kappa shape index (κ3) is 3.08. The third-order valence-corrected chi connectivity index (χ3v) is 5.45. The van der Waals surface area contributed by atoms with E-state index in [0.29, 0.717) is 30.3 Å². The molecule has 6 heteroatoms. The summed E-state index contributed by atoms with van der Waals surface area (Å²) in [6, 6.07) is 5.48. The zero-order chi connectivity index (χ0) is 19.0. The third-order valence-electron chi connectivity index (χ3n) is 5.45. The van der Waals surface area contributed by atoms with Gasteiger partial charge in [-0.25, -0.2) is 0 Å². The van der Waals surface area contributed by atoms with E-state index in [1.54, 1.807) is 20.3 Å². The highest BCUT2D eigenvalue weighted by molar-refractivity contribution is 5.74. The number of hydrogen-bond acceptors (Lipinski definition) is 5. The minimum absolute atomic E-state index is 0.0220. The average Bonchev–Trinajstić information content (AvgIpc) is 3.21. The lowest BCUT2D eigenvalue weighted by molar-refractivity contribution is 0.0645. The maximum atomic E-state index is 12.6. The quantitative estimate of drug-likeness (QED) is 0.809. The lowest BCUT2D eigenvalue weighted by Crippen LogP contribution is -2.24. The molecule has 1 atom stereocenters. The van der Waals surface area contributed by atoms with Gasteiger partial charge in [0.05, 0.1) is 26.0 Å². The van der Waals surface area contributed by atoms with Crippen LogP contribution in [0.5, 0.6) is 17.4 Å². The SMILES string of the molecule is COc1ccc2c(c1OC)CCn1c(OCC3CCCO3)cc(=O)c(C)c1-2. The molecule has 2 aliphatic heterocycles. The first-order chi connectivity index (χ1) is 13.1. The van der Waals surface area contributed by atoms with Crippen LogP contribution >= 0.6 is 0 Å². The van der Waals surface area contributed by atoms with Gasteiger partial charge in [-0.1, -0.05) is 0 Å². The van der Waals surface area contributed by atoms with Gasteiger partial charge in [0.1, 0.15) is 6.61 Å². The van der Waals surface area contributed by atoms with Crippen LogP contribution in [0, 0.1) is 6.92 Å². The maximum absolute atomic E-state index is 12.6. The second kappa shape index (κ2) is 7.27. The normalized spacial score (nSPS) is 18.0. The fourth-order valence-corrected chi connectivity index (χ4v) is 4.06. The summed E-state index contributed by atoms with van der Waals surface area (Å²) in [7, 11) is 3.28. The van der Waals surface area contributed by atoms with Crippen LogP contribution in [0.2, 0.25) is 0 Å². The number of methoxy groups -OCH3 is 2. The molecule has 2 aromatic rings. The van der Waals surface area contributed by atoms with E-state index >= 15 is 0 Å². The minimum atomic E-state index is -0.0220. The van der Waals surface area contributed by atoms with Crippen LogP contribution in [0.1, 0.15) is 24.0 Å². The van der Waals surface area contributed by atoms with E-state index in [0.717, 1.165) is 48.4 Å². The molecule has 6 nitrogen and oxygen atoms in total. The fourth-order valence-electron chi connectivity index (χ4n) is 4.06. The van der Waals surface area contributed by atoms with Crippen molar-refractivity contribution in [2.75, 3.05) is 27.4 Å². The van der Waals surface area contributed by atoms with E-state index in [1.165, 1.54) is 0 Å². The van der Waals surface area contributed by atoms with E-state index in [4.69, 9.17) is 18.9 Å². The van der Waals surface area contributed by atoms with Crippen LogP contribution < -0.4 is 19.6 Å². The van der Waals surface area contributed by atoms with Gasteiger partial charge in [-0.15, -0.1) is 0 Å². The Kier molecular flexibility index (Phi) is 4.83. The predicted octanol–water partition coefficient (Wildman–Crippen LogP) is 2.95. The van der Waals surface area contributed by atoms with Gasteiger partial charge in [-0.3, -0.25) is 4.79 Å². The van der Waals surface area contributed by atoms with E-state index < -0.39 is 0 Å². The summed E-state index contributed by atoms with van der Waals surface area (Å²) in [5.74, 6) is 2.05. The Balaban J connectivity index is 1.79. The van der Waals surface area contributed by atoms with Crippen molar-refractivity contribution in [2.24, 2.45) is 0 Å². The van der Waals surface area contributed by atoms with Crippen LogP contribution in [0.4, 0.5) is 0 Å². The molecule has 0 N–H and O–H groups in total. The summed E-state index contributed by atoms with van der Waals surface area (Å²) in [5, 5.41) is 0. The smallest absolute Gasteiger partial charge is 0.197 e. The van der Waals surface area contributed by atoms with Crippen LogP contribution in [-0.2, 0) is 17.7 Å². The van der Waals surface area contributed by atoms with Crippen molar-refractivity contribution in [3.8, 4) is 28.6 Å². The first-order valence-corrected chi connectivity index (χ1v) is 9.37. The molecule has 0 radical (unpaired) electrons. The van der Waals surface area contributed by atoms with Crippen molar-refractivity contribution in [1.29, 1.82) is 0 Å². The Hall–Kier alpha value is -2.47. The predicted molar refractivity (Wildman–Crippen MR) is 102 cm³/mol. The average molecular weight is 371 g/mol. The highest BCUT2D eigenvalue weighted by Gasteiger charge is 2.26. The number of benzene rings is 1. The van der Waals surface area contributed by atoms with Crippen molar-refractivity contribution >= 4 is 0 Å². The van der Waals surface area contributed by atoms with Crippen molar-refractivity contribution in [3.05, 3.63) is 39.5 Å². The van der Waals surface area contributed by atoms with Gasteiger partial charge in [0.15, 0.2) is 22.8 Å². The maximum Gasteiger partial charge on any atom is 0.197 e. The highest BCUT2D eigenvalue weighted by atomic mass is 16.5. The first-order valence-electron chi connectivity index (χ1n) is 9.37. The van der Waals surface area contributed by atoms with Gasteiger partial charge >= 0.3 is 0 Å². The highest BCUT2D eigenvalue weighted by Crippen LogP contribution is 2.42. The first kappa shape index (κ1) is 17.9. The Morgan fingerprint density at radius 3 is 2.81 bits per heavy atom. The molecule has 0 spiro atoms. The van der Waals surface area contributed by atoms with Crippen LogP contribution in [0.3, 0.4) is 0 Å². The van der Waals surface area contributed by atoms with Gasteiger partial charge in [0.25, 0.3) is 0 Å². The van der Waals surface area contributed by atoms with Gasteiger partial charge < -0.3 is 23.5 Å². The molecule has 4 rings (SSSR count). The molecule has 0 saturated carbocycles. The lowest BCUT2D eigenvalue weighted by atomic mass is 9.93. The molecule has 0 amide bonds. The molecule has 144 valence electrons. The molecule has 2 aliphatic rings. The lowest BCUT2D eigenvalue weighted by Gasteiger charge is -2.28. The van der Waals surface area contributed by atoms with E-state index in [-0.39, 0.29) is 11.5 Å². The Morgan fingerprint density at radius 2 is 2.11 bits per heavy atom. The molecule has 27 heavy (non-hydrogen) atoms. The van der Waals surface area contributed by atoms with E-state index in [9.17, 15) is 4.79 Å². The molecule has 0 aliphatic carbocycles. The molecule has 0 bridgehead atoms. The summed E-state index contributed by atoms with van der Waals surface area (Å²) in [6.45, 7) is 3.84. The van der Waals surface area contributed by atoms with E-state index in [1.807, 2.05) is 19.1 Å². The zero-order valence-electron chi connectivity index (χ0n) is 16.0. The van der Waals surface area contributed by atoms with Gasteiger partial charge in [0.2, 0.25) is 0 Å². The van der Waals surface area contributed by atoms with Crippen molar-refractivity contribution in [1.82, 2.24) is 4.57 Å². The Morgan fingerprint density at radius 1 is 1.26 bits per heavy atom. The summed E-state index contributed by atoms with van der Waals surface area (Å²) in [5.41, 5.74) is 3.65. The number of nitrogens with zero attached hydrogens (tertiary/aromatic N) is 1. The number of fused-ring (bicyclic) bond motifs is 3. The van der Waals surface area contributed by atoms with Crippen LogP contribution in [0.15, 0.2) is 23.0 Å². The number of pyridine rings is 1. The molecule has 1 fully saturated rings. The standard InChI is InChI=1S/C21H25NO5/c1-13-17(23)11-19(27-12-14-5-4-10-26-14)22-9-8-16-15(20(13)22)6-7-18(24-2)21(16)25-3/h6-7,11,14H,4-5,8-10,12H2,1-3H3. The fraction of sp³-hybridized carbons (Fsp3) is 0.476.